The van der Waals surface area contributed by atoms with E-state index in [0.29, 0.717) is 0 Å². The smallest absolute Gasteiger partial charge is 0.450 e. The van der Waals surface area contributed by atoms with Gasteiger partial charge in [-0.2, -0.15) is 0 Å². The van der Waals surface area contributed by atoms with Crippen molar-refractivity contribution in [2.75, 3.05) is 0 Å². The molecule has 0 saturated carbocycles. The predicted molar refractivity (Wildman–Crippen MR) is 62.0 cm³/mol. The Hall–Kier alpha value is -1.46. The molecule has 0 bridgehead atoms. The molecule has 6 nitrogen and oxygen atoms in total. The van der Waals surface area contributed by atoms with Crippen molar-refractivity contribution in [3.8, 4) is 0 Å². The number of hydrogen-bond acceptors (Lipinski definition) is 2. The fourth-order valence-electron chi connectivity index (χ4n) is 0. The molecular formula is C9H26O6. The zero-order valence-electron chi connectivity index (χ0n) is 7.18. The molecule has 0 aliphatic heterocycles. The average Bonchev–Trinajstić information content (AvgIpc) is 1.54. The summed E-state index contributed by atoms with van der Waals surface area (Å²) in [5.41, 5.74) is 0. The molecule has 0 saturated heterocycles. The second-order valence-corrected chi connectivity index (χ2v) is 2.30. The van der Waals surface area contributed by atoms with Crippen LogP contribution in [0.5, 0.6) is 0 Å². The van der Waals surface area contributed by atoms with Gasteiger partial charge in [0.05, 0.1) is 0 Å². The van der Waals surface area contributed by atoms with Crippen molar-refractivity contribution in [1.29, 1.82) is 0 Å². The lowest BCUT2D eigenvalue weighted by atomic mass is 10.3. The molecular weight excluding hydrogens is 204 g/mol. The van der Waals surface area contributed by atoms with Gasteiger partial charge in [-0.1, -0.05) is 43.1 Å². The lowest BCUT2D eigenvalue weighted by Crippen LogP contribution is -1.81. The molecule has 0 heterocycles. The van der Waals surface area contributed by atoms with E-state index in [-0.39, 0.29) is 22.3 Å². The van der Waals surface area contributed by atoms with Crippen LogP contribution in [0, 0.1) is 5.92 Å². The van der Waals surface area contributed by atoms with Gasteiger partial charge in [0.2, 0.25) is 0 Å². The highest BCUT2D eigenvalue weighted by molar-refractivity contribution is 5.53. The maximum Gasteiger partial charge on any atom is 0.503 e. The standard InChI is InChI=1S/C4H10.2CH2O3.3CH4/c1-4(2)3;2*2-1(3)4;;;/h4H,1-3H3;2*(H2,2,3,4);3*1H4. The summed E-state index contributed by atoms with van der Waals surface area (Å²) in [6.45, 7) is 6.50. The largest absolute Gasteiger partial charge is 0.503 e. The quantitative estimate of drug-likeness (QED) is 0.499. The molecule has 0 aromatic heterocycles. The fourth-order valence-corrected chi connectivity index (χ4v) is 0. The first kappa shape index (κ1) is 37.5. The minimum Gasteiger partial charge on any atom is -0.450 e. The summed E-state index contributed by atoms with van der Waals surface area (Å²) in [7, 11) is 0. The molecule has 6 heteroatoms. The summed E-state index contributed by atoms with van der Waals surface area (Å²) < 4.78 is 0. The SMILES string of the molecule is C.C.C.CC(C)C.O=C(O)O.O=C(O)O. The number of carboxylic acid groups (broad SMARTS) is 4. The first-order valence-electron chi connectivity index (χ1n) is 3.03. The molecule has 0 aromatic carbocycles. The third-order valence-corrected chi connectivity index (χ3v) is 0. The molecule has 0 atom stereocenters. The van der Waals surface area contributed by atoms with Crippen LogP contribution in [0.2, 0.25) is 0 Å². The second-order valence-electron chi connectivity index (χ2n) is 2.30. The van der Waals surface area contributed by atoms with Crippen LogP contribution in [0.1, 0.15) is 43.1 Å². The normalized spacial score (nSPS) is 5.60. The molecule has 0 rings (SSSR count). The topological polar surface area (TPSA) is 115 Å². The van der Waals surface area contributed by atoms with E-state index in [9.17, 15) is 0 Å². The highest BCUT2D eigenvalue weighted by Gasteiger charge is 1.70. The van der Waals surface area contributed by atoms with Gasteiger partial charge in [0.1, 0.15) is 0 Å². The van der Waals surface area contributed by atoms with Gasteiger partial charge in [0, 0.05) is 0 Å². The van der Waals surface area contributed by atoms with Gasteiger partial charge < -0.3 is 20.4 Å². The van der Waals surface area contributed by atoms with Crippen LogP contribution >= 0.6 is 0 Å². The minimum absolute atomic E-state index is 0. The van der Waals surface area contributed by atoms with Gasteiger partial charge in [-0.05, 0) is 5.92 Å². The van der Waals surface area contributed by atoms with Gasteiger partial charge in [-0.3, -0.25) is 0 Å². The molecule has 0 fully saturated rings. The Balaban J connectivity index is -0.0000000184. The molecule has 0 aliphatic carbocycles. The second kappa shape index (κ2) is 29.4. The summed E-state index contributed by atoms with van der Waals surface area (Å²) in [6.07, 6.45) is -3.67. The summed E-state index contributed by atoms with van der Waals surface area (Å²) in [6, 6.07) is 0. The van der Waals surface area contributed by atoms with Crippen molar-refractivity contribution >= 4 is 12.3 Å². The Kier molecular flexibility index (Phi) is 73.3. The van der Waals surface area contributed by atoms with Gasteiger partial charge in [-0.15, -0.1) is 0 Å². The van der Waals surface area contributed by atoms with E-state index in [1.54, 1.807) is 0 Å². The summed E-state index contributed by atoms with van der Waals surface area (Å²) >= 11 is 0. The van der Waals surface area contributed by atoms with Gasteiger partial charge in [0.25, 0.3) is 0 Å². The van der Waals surface area contributed by atoms with Crippen LogP contribution in [0.25, 0.3) is 0 Å². The highest BCUT2D eigenvalue weighted by atomic mass is 16.6. The molecule has 15 heavy (non-hydrogen) atoms. The van der Waals surface area contributed by atoms with Crippen LogP contribution < -0.4 is 0 Å². The molecule has 0 unspecified atom stereocenters. The average molecular weight is 230 g/mol. The third kappa shape index (κ3) is 654. The summed E-state index contributed by atoms with van der Waals surface area (Å²) in [4.78, 5) is 17.1. The fraction of sp³-hybridized carbons (Fsp3) is 0.778. The zero-order chi connectivity index (χ0) is 10.7. The van der Waals surface area contributed by atoms with E-state index in [0.717, 1.165) is 5.92 Å². The Morgan fingerprint density at radius 2 is 0.733 bits per heavy atom. The van der Waals surface area contributed by atoms with Crippen LogP contribution in [-0.2, 0) is 0 Å². The van der Waals surface area contributed by atoms with Gasteiger partial charge in [0.15, 0.2) is 0 Å². The van der Waals surface area contributed by atoms with Crippen molar-refractivity contribution in [3.63, 3.8) is 0 Å². The van der Waals surface area contributed by atoms with E-state index >= 15 is 0 Å². The van der Waals surface area contributed by atoms with E-state index in [4.69, 9.17) is 30.0 Å². The number of carbonyl (C=O) groups is 2. The van der Waals surface area contributed by atoms with Crippen LogP contribution in [-0.4, -0.2) is 32.7 Å². The maximum absolute atomic E-state index is 8.56. The Morgan fingerprint density at radius 3 is 0.733 bits per heavy atom. The van der Waals surface area contributed by atoms with Crippen LogP contribution in [0.3, 0.4) is 0 Å². The van der Waals surface area contributed by atoms with Crippen molar-refractivity contribution < 1.29 is 30.0 Å². The first-order chi connectivity index (χ1) is 5.20. The van der Waals surface area contributed by atoms with Crippen molar-refractivity contribution in [2.24, 2.45) is 5.92 Å². The lowest BCUT2D eigenvalue weighted by molar-refractivity contribution is 0.135. The Morgan fingerprint density at radius 1 is 0.733 bits per heavy atom. The molecule has 4 N–H and O–H groups in total. The van der Waals surface area contributed by atoms with Crippen LogP contribution in [0.4, 0.5) is 9.59 Å². The monoisotopic (exact) mass is 230 g/mol. The highest BCUT2D eigenvalue weighted by Crippen LogP contribution is 1.81. The Labute approximate surface area is 92.2 Å². The van der Waals surface area contributed by atoms with Crippen molar-refractivity contribution in [3.05, 3.63) is 0 Å². The van der Waals surface area contributed by atoms with E-state index < -0.39 is 12.3 Å². The molecule has 98 valence electrons. The summed E-state index contributed by atoms with van der Waals surface area (Å²) in [5.74, 6) is 0.833. The predicted octanol–water partition coefficient (Wildman–Crippen LogP) is 4.02. The van der Waals surface area contributed by atoms with Crippen molar-refractivity contribution in [2.45, 2.75) is 43.1 Å². The molecule has 0 spiro atoms. The van der Waals surface area contributed by atoms with Crippen LogP contribution in [0.15, 0.2) is 0 Å². The number of rotatable bonds is 0. The van der Waals surface area contributed by atoms with E-state index in [2.05, 4.69) is 20.8 Å². The van der Waals surface area contributed by atoms with E-state index in [1.807, 2.05) is 0 Å². The lowest BCUT2D eigenvalue weighted by Gasteiger charge is -1.79. The first-order valence-corrected chi connectivity index (χ1v) is 3.03. The molecule has 0 radical (unpaired) electrons. The van der Waals surface area contributed by atoms with E-state index in [1.165, 1.54) is 0 Å². The third-order valence-electron chi connectivity index (χ3n) is 0. The maximum atomic E-state index is 8.56. The summed E-state index contributed by atoms with van der Waals surface area (Å²) in [5, 5.41) is 27.9. The molecule has 0 aromatic rings. The van der Waals surface area contributed by atoms with Crippen molar-refractivity contribution in [1.82, 2.24) is 0 Å². The molecule has 0 amide bonds. The number of hydrogen-bond donors (Lipinski definition) is 4. The van der Waals surface area contributed by atoms with Gasteiger partial charge >= 0.3 is 12.3 Å². The molecule has 0 aliphatic rings. The van der Waals surface area contributed by atoms with Gasteiger partial charge in [-0.25, -0.2) is 9.59 Å². The zero-order valence-corrected chi connectivity index (χ0v) is 7.18. The Bertz CT molecular complexity index is 99.0. The minimum atomic E-state index is -1.83.